The fourth-order valence-electron chi connectivity index (χ4n) is 3.26. The molecule has 7 heteroatoms. The van der Waals surface area contributed by atoms with Crippen molar-refractivity contribution in [3.63, 3.8) is 0 Å². The fourth-order valence-corrected chi connectivity index (χ4v) is 3.26. The summed E-state index contributed by atoms with van der Waals surface area (Å²) in [6.07, 6.45) is -1.34. The lowest BCUT2D eigenvalue weighted by Crippen LogP contribution is -2.16. The monoisotopic (exact) mass is 470 g/mol. The molecule has 0 saturated heterocycles. The van der Waals surface area contributed by atoms with Gasteiger partial charge in [-0.3, -0.25) is 0 Å². The molecule has 178 valence electrons. The van der Waals surface area contributed by atoms with Crippen LogP contribution in [0.2, 0.25) is 0 Å². The summed E-state index contributed by atoms with van der Waals surface area (Å²) in [4.78, 5) is 11.0. The highest BCUT2D eigenvalue weighted by Gasteiger charge is 2.31. The van der Waals surface area contributed by atoms with Crippen LogP contribution in [0.3, 0.4) is 0 Å². The third-order valence-electron chi connectivity index (χ3n) is 5.59. The maximum atomic E-state index is 12.4. The third-order valence-corrected chi connectivity index (χ3v) is 5.59. The van der Waals surface area contributed by atoms with Crippen LogP contribution in [0.1, 0.15) is 38.3 Å². The molecule has 0 bridgehead atoms. The molecular formula is C27H25F3O4. The van der Waals surface area contributed by atoms with Crippen molar-refractivity contribution in [1.82, 2.24) is 0 Å². The minimum atomic E-state index is -4.76. The van der Waals surface area contributed by atoms with Crippen molar-refractivity contribution in [3.8, 4) is 28.4 Å². The van der Waals surface area contributed by atoms with Crippen LogP contribution in [0.4, 0.5) is 13.2 Å². The Bertz CT molecular complexity index is 1160. The average molecular weight is 470 g/mol. The molecule has 0 unspecified atom stereocenters. The highest BCUT2D eigenvalue weighted by molar-refractivity contribution is 5.86. The van der Waals surface area contributed by atoms with E-state index in [2.05, 4.69) is 25.5 Å². The first kappa shape index (κ1) is 24.9. The van der Waals surface area contributed by atoms with Gasteiger partial charge in [-0.1, -0.05) is 57.2 Å². The van der Waals surface area contributed by atoms with Gasteiger partial charge in [0.2, 0.25) is 0 Å². The minimum absolute atomic E-state index is 0.0236. The number of halogens is 3. The van der Waals surface area contributed by atoms with Gasteiger partial charge in [0.15, 0.2) is 0 Å². The number of ether oxygens (including phenoxy) is 2. The Morgan fingerprint density at radius 2 is 1.50 bits per heavy atom. The smallest absolute Gasteiger partial charge is 0.478 e. The lowest BCUT2D eigenvalue weighted by molar-refractivity contribution is -0.274. The van der Waals surface area contributed by atoms with Gasteiger partial charge in [-0.15, -0.1) is 13.2 Å². The fraction of sp³-hybridized carbons (Fsp3) is 0.222. The lowest BCUT2D eigenvalue weighted by Gasteiger charge is -2.23. The molecule has 3 aromatic rings. The van der Waals surface area contributed by atoms with Crippen LogP contribution in [0, 0.1) is 0 Å². The molecule has 4 nitrogen and oxygen atoms in total. The molecule has 0 aliphatic rings. The standard InChI is InChI=1S/C27H25F3O4/c1-4-26(2,3)21-10-14-22(15-11-21)33-24-17-20(6-5-19(24)9-16-25(31)32)18-7-12-23(13-8-18)34-27(28,29)30/h5-17H,4H2,1-3H3,(H,31,32)/b16-9+. The van der Waals surface area contributed by atoms with Gasteiger partial charge in [0.05, 0.1) is 0 Å². The van der Waals surface area contributed by atoms with E-state index in [1.165, 1.54) is 35.9 Å². The molecule has 0 spiro atoms. The molecule has 0 aliphatic heterocycles. The Balaban J connectivity index is 1.93. The first-order valence-electron chi connectivity index (χ1n) is 10.7. The zero-order valence-electron chi connectivity index (χ0n) is 19.0. The van der Waals surface area contributed by atoms with E-state index in [0.717, 1.165) is 12.5 Å². The SMILES string of the molecule is CCC(C)(C)c1ccc(Oc2cc(-c3ccc(OC(F)(F)F)cc3)ccc2/C=C/C(=O)O)cc1. The van der Waals surface area contributed by atoms with Crippen molar-refractivity contribution in [1.29, 1.82) is 0 Å². The van der Waals surface area contributed by atoms with Crippen molar-refractivity contribution in [2.75, 3.05) is 0 Å². The summed E-state index contributed by atoms with van der Waals surface area (Å²) >= 11 is 0. The van der Waals surface area contributed by atoms with Gasteiger partial charge >= 0.3 is 12.3 Å². The zero-order valence-corrected chi connectivity index (χ0v) is 19.0. The van der Waals surface area contributed by atoms with E-state index < -0.39 is 12.3 Å². The highest BCUT2D eigenvalue weighted by atomic mass is 19.4. The molecule has 0 atom stereocenters. The number of hydrogen-bond acceptors (Lipinski definition) is 3. The maximum Gasteiger partial charge on any atom is 0.573 e. The Kier molecular flexibility index (Phi) is 7.35. The van der Waals surface area contributed by atoms with Crippen molar-refractivity contribution >= 4 is 12.0 Å². The molecule has 0 aliphatic carbocycles. The lowest BCUT2D eigenvalue weighted by atomic mass is 9.82. The molecule has 3 rings (SSSR count). The first-order chi connectivity index (χ1) is 16.0. The van der Waals surface area contributed by atoms with E-state index in [4.69, 9.17) is 9.84 Å². The molecule has 0 heterocycles. The van der Waals surface area contributed by atoms with Gasteiger partial charge in [0.25, 0.3) is 0 Å². The number of aliphatic carboxylic acids is 1. The van der Waals surface area contributed by atoms with Crippen molar-refractivity contribution in [3.05, 3.63) is 83.9 Å². The summed E-state index contributed by atoms with van der Waals surface area (Å²) in [5, 5.41) is 9.01. The van der Waals surface area contributed by atoms with E-state index in [1.54, 1.807) is 18.2 Å². The summed E-state index contributed by atoms with van der Waals surface area (Å²) in [5.41, 5.74) is 3.07. The number of benzene rings is 3. The predicted octanol–water partition coefficient (Wildman–Crippen LogP) is 7.83. The molecule has 3 aromatic carbocycles. The number of carboxylic acids is 1. The Hall–Kier alpha value is -3.74. The first-order valence-corrected chi connectivity index (χ1v) is 10.7. The zero-order chi connectivity index (χ0) is 24.9. The van der Waals surface area contributed by atoms with E-state index in [-0.39, 0.29) is 11.2 Å². The van der Waals surface area contributed by atoms with Gasteiger partial charge in [0, 0.05) is 11.6 Å². The van der Waals surface area contributed by atoms with E-state index in [1.807, 2.05) is 24.3 Å². The van der Waals surface area contributed by atoms with Crippen molar-refractivity contribution < 1.29 is 32.5 Å². The Labute approximate surface area is 196 Å². The normalized spacial score (nSPS) is 12.1. The number of hydrogen-bond donors (Lipinski definition) is 1. The second-order valence-electron chi connectivity index (χ2n) is 8.36. The molecule has 0 fully saturated rings. The van der Waals surface area contributed by atoms with Crippen LogP contribution in [0.25, 0.3) is 17.2 Å². The van der Waals surface area contributed by atoms with Crippen molar-refractivity contribution in [2.24, 2.45) is 0 Å². The van der Waals surface area contributed by atoms with Gasteiger partial charge in [0.1, 0.15) is 17.2 Å². The van der Waals surface area contributed by atoms with Crippen molar-refractivity contribution in [2.45, 2.75) is 39.0 Å². The topological polar surface area (TPSA) is 55.8 Å². The van der Waals surface area contributed by atoms with E-state index >= 15 is 0 Å². The van der Waals surface area contributed by atoms with E-state index in [0.29, 0.717) is 28.2 Å². The average Bonchev–Trinajstić information content (AvgIpc) is 2.78. The quantitative estimate of drug-likeness (QED) is 0.341. The van der Waals surface area contributed by atoms with Gasteiger partial charge < -0.3 is 14.6 Å². The molecule has 0 saturated carbocycles. The summed E-state index contributed by atoms with van der Waals surface area (Å²) in [6.45, 7) is 6.44. The molecule has 0 aromatic heterocycles. The Morgan fingerprint density at radius 1 is 0.912 bits per heavy atom. The van der Waals surface area contributed by atoms with Crippen LogP contribution >= 0.6 is 0 Å². The van der Waals surface area contributed by atoms with Gasteiger partial charge in [-0.05, 0) is 64.9 Å². The molecule has 0 radical (unpaired) electrons. The van der Waals surface area contributed by atoms with Crippen LogP contribution < -0.4 is 9.47 Å². The number of rotatable bonds is 8. The van der Waals surface area contributed by atoms with Crippen LogP contribution in [0.15, 0.2) is 72.8 Å². The van der Waals surface area contributed by atoms with Crippen LogP contribution in [0.5, 0.6) is 17.2 Å². The second-order valence-corrected chi connectivity index (χ2v) is 8.36. The predicted molar refractivity (Wildman–Crippen MR) is 125 cm³/mol. The highest BCUT2D eigenvalue weighted by Crippen LogP contribution is 2.34. The van der Waals surface area contributed by atoms with E-state index in [9.17, 15) is 18.0 Å². The molecular weight excluding hydrogens is 445 g/mol. The summed E-state index contributed by atoms with van der Waals surface area (Å²) in [5.74, 6) is -0.426. The number of carboxylic acid groups (broad SMARTS) is 1. The Morgan fingerprint density at radius 3 is 2.06 bits per heavy atom. The van der Waals surface area contributed by atoms with Crippen LogP contribution in [-0.2, 0) is 10.2 Å². The van der Waals surface area contributed by atoms with Crippen LogP contribution in [-0.4, -0.2) is 17.4 Å². The second kappa shape index (κ2) is 10.0. The minimum Gasteiger partial charge on any atom is -0.478 e. The summed E-state index contributed by atoms with van der Waals surface area (Å²) in [6, 6.07) is 18.3. The maximum absolute atomic E-state index is 12.4. The van der Waals surface area contributed by atoms with Gasteiger partial charge in [-0.2, -0.15) is 0 Å². The number of alkyl halides is 3. The molecule has 1 N–H and O–H groups in total. The molecule has 0 amide bonds. The summed E-state index contributed by atoms with van der Waals surface area (Å²) in [7, 11) is 0. The largest absolute Gasteiger partial charge is 0.573 e. The molecule has 34 heavy (non-hydrogen) atoms. The van der Waals surface area contributed by atoms with Gasteiger partial charge in [-0.25, -0.2) is 4.79 Å². The summed E-state index contributed by atoms with van der Waals surface area (Å²) < 4.78 is 47.3. The third kappa shape index (κ3) is 6.63. The number of carbonyl (C=O) groups is 1.